The lowest BCUT2D eigenvalue weighted by atomic mass is 9.95. The van der Waals surface area contributed by atoms with Gasteiger partial charge in [-0.15, -0.1) is 0 Å². The summed E-state index contributed by atoms with van der Waals surface area (Å²) in [5.74, 6) is 0. The highest BCUT2D eigenvalue weighted by Gasteiger charge is 2.53. The molecule has 0 bridgehead atoms. The van der Waals surface area contributed by atoms with E-state index in [1.54, 1.807) is 27.5 Å². The van der Waals surface area contributed by atoms with Crippen LogP contribution in [0.3, 0.4) is 0 Å². The van der Waals surface area contributed by atoms with Crippen molar-refractivity contribution in [1.82, 2.24) is 0 Å². The van der Waals surface area contributed by atoms with E-state index >= 15 is 0 Å². The lowest BCUT2D eigenvalue weighted by Crippen LogP contribution is -2.27. The number of benzene rings is 2. The van der Waals surface area contributed by atoms with E-state index in [9.17, 15) is 0 Å². The maximum absolute atomic E-state index is 2.59. The fourth-order valence-electron chi connectivity index (χ4n) is 5.01. The zero-order chi connectivity index (χ0) is 15.6. The van der Waals surface area contributed by atoms with Crippen LogP contribution in [0.2, 0.25) is 12.1 Å². The fourth-order valence-corrected chi connectivity index (χ4v) is 9.68. The van der Waals surface area contributed by atoms with Gasteiger partial charge in [0.05, 0.1) is 0 Å². The van der Waals surface area contributed by atoms with Crippen LogP contribution >= 0.6 is 0 Å². The monoisotopic (exact) mass is 314 g/mol. The molecule has 0 saturated carbocycles. The minimum absolute atomic E-state index is 1.12. The van der Waals surface area contributed by atoms with Gasteiger partial charge in [0.2, 0.25) is 0 Å². The van der Waals surface area contributed by atoms with Gasteiger partial charge in [-0.25, -0.2) is 0 Å². The second-order valence-electron chi connectivity index (χ2n) is 7.15. The molecule has 0 aromatic heterocycles. The van der Waals surface area contributed by atoms with Crippen LogP contribution in [0, 0.1) is 0 Å². The van der Waals surface area contributed by atoms with Gasteiger partial charge in [-0.2, -0.15) is 0 Å². The largest absolute Gasteiger partial charge is 0.118 e. The van der Waals surface area contributed by atoms with Crippen LogP contribution < -0.4 is 10.4 Å². The number of fused-ring (bicyclic) bond motifs is 4. The summed E-state index contributed by atoms with van der Waals surface area (Å²) in [6.07, 6.45) is 9.17. The molecule has 3 aliphatic rings. The van der Waals surface area contributed by atoms with E-state index in [2.05, 4.69) is 62.4 Å². The van der Waals surface area contributed by atoms with Crippen molar-refractivity contribution >= 4 is 24.0 Å². The summed E-state index contributed by atoms with van der Waals surface area (Å²) in [6, 6.07) is 14.3. The molecule has 0 unspecified atom stereocenters. The summed E-state index contributed by atoms with van der Waals surface area (Å²) in [4.78, 5) is 0. The van der Waals surface area contributed by atoms with Crippen LogP contribution in [0.15, 0.2) is 48.6 Å². The Morgan fingerprint density at radius 2 is 1.87 bits per heavy atom. The number of rotatable bonds is 3. The molecule has 1 heterocycles. The van der Waals surface area contributed by atoms with Crippen molar-refractivity contribution in [3.8, 4) is 11.1 Å². The van der Waals surface area contributed by atoms with Crippen LogP contribution in [0.4, 0.5) is 0 Å². The first-order valence-electron chi connectivity index (χ1n) is 8.95. The van der Waals surface area contributed by atoms with Gasteiger partial charge in [0.1, 0.15) is 8.07 Å². The SMILES string of the molecule is CC[Si]1(CC)c2cc3c(c(C4=CC=CC4)c21)Cc1ccccc1-3. The van der Waals surface area contributed by atoms with Crippen molar-refractivity contribution in [3.05, 3.63) is 65.3 Å². The van der Waals surface area contributed by atoms with E-state index < -0.39 is 8.07 Å². The highest BCUT2D eigenvalue weighted by Crippen LogP contribution is 2.44. The summed E-state index contributed by atoms with van der Waals surface area (Å²) >= 11 is 0. The van der Waals surface area contributed by atoms with Gasteiger partial charge in [-0.3, -0.25) is 0 Å². The van der Waals surface area contributed by atoms with Crippen molar-refractivity contribution in [2.45, 2.75) is 38.8 Å². The van der Waals surface area contributed by atoms with Crippen molar-refractivity contribution in [2.75, 3.05) is 0 Å². The first-order valence-corrected chi connectivity index (χ1v) is 11.4. The van der Waals surface area contributed by atoms with Gasteiger partial charge in [-0.1, -0.05) is 79.7 Å². The van der Waals surface area contributed by atoms with Gasteiger partial charge < -0.3 is 0 Å². The number of allylic oxidation sites excluding steroid dienone is 4. The van der Waals surface area contributed by atoms with E-state index in [0.29, 0.717) is 0 Å². The standard InChI is InChI=1S/C22H22Si/c1-3-23(4-2)20-14-18-17-12-8-7-11-16(17)13-19(18)21(22(20)23)15-9-5-6-10-15/h5-9,11-12,14H,3-4,10,13H2,1-2H3. The topological polar surface area (TPSA) is 0 Å². The zero-order valence-electron chi connectivity index (χ0n) is 13.9. The van der Waals surface area contributed by atoms with Crippen molar-refractivity contribution in [3.63, 3.8) is 0 Å². The minimum Gasteiger partial charge on any atom is -0.0801 e. The van der Waals surface area contributed by atoms with Crippen LogP contribution in [-0.4, -0.2) is 8.07 Å². The van der Waals surface area contributed by atoms with Gasteiger partial charge >= 0.3 is 0 Å². The molecule has 2 aromatic carbocycles. The van der Waals surface area contributed by atoms with Gasteiger partial charge in [0.15, 0.2) is 0 Å². The Kier molecular flexibility index (Phi) is 2.70. The molecule has 2 aromatic rings. The predicted octanol–water partition coefficient (Wildman–Crippen LogP) is 4.52. The first kappa shape index (κ1) is 13.6. The van der Waals surface area contributed by atoms with Crippen LogP contribution in [0.1, 0.15) is 37.0 Å². The van der Waals surface area contributed by atoms with Crippen molar-refractivity contribution in [1.29, 1.82) is 0 Å². The molecule has 0 N–H and O–H groups in total. The quantitative estimate of drug-likeness (QED) is 0.624. The summed E-state index contributed by atoms with van der Waals surface area (Å²) in [6.45, 7) is 4.83. The van der Waals surface area contributed by atoms with Crippen LogP contribution in [0.25, 0.3) is 16.7 Å². The Balaban J connectivity index is 1.79. The van der Waals surface area contributed by atoms with E-state index in [4.69, 9.17) is 0 Å². The number of hydrogen-bond acceptors (Lipinski definition) is 0. The van der Waals surface area contributed by atoms with Crippen LogP contribution in [-0.2, 0) is 6.42 Å². The molecule has 5 rings (SSSR count). The lowest BCUT2D eigenvalue weighted by molar-refractivity contribution is 1.24. The summed E-state index contributed by atoms with van der Waals surface area (Å²) in [7, 11) is -1.28. The maximum Gasteiger partial charge on any atom is 0.118 e. The van der Waals surface area contributed by atoms with E-state index in [-0.39, 0.29) is 0 Å². The van der Waals surface area contributed by atoms with Crippen molar-refractivity contribution < 1.29 is 0 Å². The molecule has 1 aliphatic heterocycles. The molecule has 0 saturated heterocycles. The van der Waals surface area contributed by atoms with Crippen LogP contribution in [0.5, 0.6) is 0 Å². The molecule has 23 heavy (non-hydrogen) atoms. The van der Waals surface area contributed by atoms with Crippen molar-refractivity contribution in [2.24, 2.45) is 0 Å². The summed E-state index contributed by atoms with van der Waals surface area (Å²) in [5, 5.41) is 3.57. The second-order valence-corrected chi connectivity index (χ2v) is 11.8. The molecular weight excluding hydrogens is 292 g/mol. The minimum atomic E-state index is -1.28. The molecule has 0 fully saturated rings. The molecule has 0 spiro atoms. The third-order valence-corrected chi connectivity index (χ3v) is 11.4. The smallest absolute Gasteiger partial charge is 0.0801 e. The molecule has 2 aliphatic carbocycles. The maximum atomic E-state index is 2.59. The van der Waals surface area contributed by atoms with E-state index in [0.717, 1.165) is 12.8 Å². The van der Waals surface area contributed by atoms with Gasteiger partial charge in [-0.05, 0) is 51.4 Å². The van der Waals surface area contributed by atoms with Gasteiger partial charge in [0.25, 0.3) is 0 Å². The Bertz CT molecular complexity index is 894. The fraction of sp³-hybridized carbons (Fsp3) is 0.273. The third-order valence-electron chi connectivity index (χ3n) is 6.34. The average Bonchev–Trinajstić information content (AvgIpc) is 2.95. The highest BCUT2D eigenvalue weighted by atomic mass is 28.3. The second kappa shape index (κ2) is 4.58. The molecule has 1 heteroatoms. The zero-order valence-corrected chi connectivity index (χ0v) is 14.9. The summed E-state index contributed by atoms with van der Waals surface area (Å²) in [5.41, 5.74) is 9.39. The predicted molar refractivity (Wildman–Crippen MR) is 102 cm³/mol. The Morgan fingerprint density at radius 1 is 1.04 bits per heavy atom. The third kappa shape index (κ3) is 1.61. The molecule has 0 radical (unpaired) electrons. The Hall–Kier alpha value is -1.86. The van der Waals surface area contributed by atoms with E-state index in [1.807, 2.05) is 5.19 Å². The normalized spacial score (nSPS) is 18.4. The lowest BCUT2D eigenvalue weighted by Gasteiger charge is -2.12. The number of hydrogen-bond donors (Lipinski definition) is 0. The Labute approximate surface area is 139 Å². The first-order chi connectivity index (χ1) is 11.3. The molecule has 0 atom stereocenters. The Morgan fingerprint density at radius 3 is 2.61 bits per heavy atom. The average molecular weight is 315 g/mol. The van der Waals surface area contributed by atoms with Gasteiger partial charge in [0, 0.05) is 0 Å². The molecule has 114 valence electrons. The highest BCUT2D eigenvalue weighted by molar-refractivity contribution is 7.17. The van der Waals surface area contributed by atoms with E-state index in [1.165, 1.54) is 23.2 Å². The molecule has 0 amide bonds. The molecular formula is C22H22Si. The molecule has 0 nitrogen and oxygen atoms in total. The summed E-state index contributed by atoms with van der Waals surface area (Å²) < 4.78 is 0.